The molecule has 7 heteroatoms. The molecule has 1 aliphatic heterocycles. The van der Waals surface area contributed by atoms with Crippen molar-refractivity contribution in [1.29, 1.82) is 0 Å². The summed E-state index contributed by atoms with van der Waals surface area (Å²) in [5, 5.41) is 0. The number of sulfonamides is 1. The molecule has 1 saturated carbocycles. The van der Waals surface area contributed by atoms with Gasteiger partial charge in [0, 0.05) is 32.1 Å². The average Bonchev–Trinajstić information content (AvgIpc) is 3.57. The summed E-state index contributed by atoms with van der Waals surface area (Å²) in [5.41, 5.74) is 2.37. The summed E-state index contributed by atoms with van der Waals surface area (Å²) in [7, 11) is -1.86. The summed E-state index contributed by atoms with van der Waals surface area (Å²) < 4.78 is 40.7. The molecule has 6 nitrogen and oxygen atoms in total. The maximum atomic E-state index is 12.9. The summed E-state index contributed by atoms with van der Waals surface area (Å²) >= 11 is 0. The quantitative estimate of drug-likeness (QED) is 0.319. The molecule has 39 heavy (non-hydrogen) atoms. The molecule has 0 aromatic heterocycles. The maximum absolute atomic E-state index is 12.9. The fraction of sp³-hybridized carbons (Fsp3) is 0.438. The van der Waals surface area contributed by atoms with Crippen molar-refractivity contribution in [3.05, 3.63) is 90.0 Å². The van der Waals surface area contributed by atoms with Crippen molar-refractivity contribution in [1.82, 2.24) is 9.62 Å². The number of methoxy groups -OCH3 is 1. The minimum atomic E-state index is -3.55. The van der Waals surface area contributed by atoms with Gasteiger partial charge in [-0.25, -0.2) is 13.1 Å². The number of rotatable bonds is 11. The highest BCUT2D eigenvalue weighted by Gasteiger charge is 2.43. The van der Waals surface area contributed by atoms with Gasteiger partial charge in [0.25, 0.3) is 0 Å². The van der Waals surface area contributed by atoms with Gasteiger partial charge in [-0.3, -0.25) is 4.90 Å². The van der Waals surface area contributed by atoms with Crippen LogP contribution in [0.5, 0.6) is 11.5 Å². The molecule has 0 amide bonds. The summed E-state index contributed by atoms with van der Waals surface area (Å²) in [4.78, 5) is 2.79. The lowest BCUT2D eigenvalue weighted by Gasteiger charge is -2.32. The number of nitrogens with zero attached hydrogens (tertiary/aromatic N) is 1. The molecular weight excluding hydrogens is 508 g/mol. The number of hydrogen-bond donors (Lipinski definition) is 1. The number of hydrogen-bond acceptors (Lipinski definition) is 5. The topological polar surface area (TPSA) is 67.9 Å². The van der Waals surface area contributed by atoms with Gasteiger partial charge in [-0.05, 0) is 72.9 Å². The van der Waals surface area contributed by atoms with Crippen LogP contribution in [-0.2, 0) is 16.6 Å². The monoisotopic (exact) mass is 548 g/mol. The Hall–Kier alpha value is -2.87. The van der Waals surface area contributed by atoms with Crippen LogP contribution >= 0.6 is 0 Å². The van der Waals surface area contributed by atoms with E-state index in [0.717, 1.165) is 50.4 Å². The number of benzene rings is 3. The Labute approximate surface area is 233 Å². The second-order valence-corrected chi connectivity index (χ2v) is 13.0. The lowest BCUT2D eigenvalue weighted by molar-refractivity contribution is 0.200. The van der Waals surface area contributed by atoms with Crippen LogP contribution < -0.4 is 14.2 Å². The van der Waals surface area contributed by atoms with E-state index >= 15 is 0 Å². The largest absolute Gasteiger partial charge is 0.493 e. The van der Waals surface area contributed by atoms with E-state index in [4.69, 9.17) is 9.47 Å². The molecular formula is C32H40N2O4S. The van der Waals surface area contributed by atoms with E-state index in [1.807, 2.05) is 18.2 Å². The van der Waals surface area contributed by atoms with Crippen LogP contribution in [0.1, 0.15) is 56.1 Å². The summed E-state index contributed by atoms with van der Waals surface area (Å²) in [5.74, 6) is 1.80. The molecule has 3 aromatic carbocycles. The predicted octanol–water partition coefficient (Wildman–Crippen LogP) is 5.99. The van der Waals surface area contributed by atoms with Crippen molar-refractivity contribution in [2.24, 2.45) is 5.41 Å². The van der Waals surface area contributed by atoms with Gasteiger partial charge in [-0.15, -0.1) is 0 Å². The Kier molecular flexibility index (Phi) is 8.60. The molecule has 5 rings (SSSR count). The molecule has 0 radical (unpaired) electrons. The molecule has 2 aliphatic rings. The first-order valence-corrected chi connectivity index (χ1v) is 15.5. The lowest BCUT2D eigenvalue weighted by Crippen LogP contribution is -2.33. The highest BCUT2D eigenvalue weighted by Crippen LogP contribution is 2.47. The Morgan fingerprint density at radius 2 is 1.64 bits per heavy atom. The highest BCUT2D eigenvalue weighted by molar-refractivity contribution is 7.89. The predicted molar refractivity (Wildman–Crippen MR) is 155 cm³/mol. The van der Waals surface area contributed by atoms with Gasteiger partial charge in [-0.2, -0.15) is 0 Å². The van der Waals surface area contributed by atoms with Crippen LogP contribution in [0.4, 0.5) is 0 Å². The first-order chi connectivity index (χ1) is 18.9. The van der Waals surface area contributed by atoms with Gasteiger partial charge in [0.05, 0.1) is 18.1 Å². The molecule has 0 bridgehead atoms. The molecule has 208 valence electrons. The summed E-state index contributed by atoms with van der Waals surface area (Å²) in [6.07, 6.45) is 5.55. The van der Waals surface area contributed by atoms with Crippen LogP contribution in [0.2, 0.25) is 0 Å². The Bertz CT molecular complexity index is 1330. The normalized spacial score (nSPS) is 22.3. The molecule has 0 unspecified atom stereocenters. The Morgan fingerprint density at radius 1 is 0.949 bits per heavy atom. The minimum Gasteiger partial charge on any atom is -0.493 e. The van der Waals surface area contributed by atoms with Crippen molar-refractivity contribution in [3.63, 3.8) is 0 Å². The van der Waals surface area contributed by atoms with E-state index in [-0.39, 0.29) is 17.4 Å². The fourth-order valence-corrected chi connectivity index (χ4v) is 7.28. The highest BCUT2D eigenvalue weighted by atomic mass is 32.2. The maximum Gasteiger partial charge on any atom is 0.240 e. The van der Waals surface area contributed by atoms with Gasteiger partial charge in [-0.1, -0.05) is 61.5 Å². The lowest BCUT2D eigenvalue weighted by atomic mass is 9.74. The van der Waals surface area contributed by atoms with E-state index in [9.17, 15) is 8.42 Å². The molecule has 1 heterocycles. The molecule has 2 fully saturated rings. The van der Waals surface area contributed by atoms with E-state index in [0.29, 0.717) is 11.4 Å². The summed E-state index contributed by atoms with van der Waals surface area (Å²) in [6, 6.07) is 25.5. The van der Waals surface area contributed by atoms with E-state index in [2.05, 4.69) is 52.9 Å². The third kappa shape index (κ3) is 6.65. The van der Waals surface area contributed by atoms with E-state index in [1.54, 1.807) is 31.4 Å². The molecule has 1 N–H and O–H groups in total. The third-order valence-corrected chi connectivity index (χ3v) is 9.82. The average molecular weight is 549 g/mol. The van der Waals surface area contributed by atoms with Gasteiger partial charge >= 0.3 is 0 Å². The van der Waals surface area contributed by atoms with Crippen molar-refractivity contribution in [2.45, 2.75) is 62.5 Å². The molecule has 0 spiro atoms. The third-order valence-electron chi connectivity index (χ3n) is 8.34. The Morgan fingerprint density at radius 3 is 2.33 bits per heavy atom. The first-order valence-electron chi connectivity index (χ1n) is 14.0. The minimum absolute atomic E-state index is 0.132. The van der Waals surface area contributed by atoms with E-state index in [1.165, 1.54) is 24.0 Å². The zero-order valence-electron chi connectivity index (χ0n) is 23.0. The van der Waals surface area contributed by atoms with Gasteiger partial charge in [0.2, 0.25) is 10.0 Å². The van der Waals surface area contributed by atoms with Crippen LogP contribution in [0.3, 0.4) is 0 Å². The molecule has 2 atom stereocenters. The number of likely N-dealkylation sites (tertiary alicyclic amines) is 1. The molecule has 3 aromatic rings. The smallest absolute Gasteiger partial charge is 0.240 e. The van der Waals surface area contributed by atoms with E-state index < -0.39 is 10.0 Å². The van der Waals surface area contributed by atoms with Gasteiger partial charge in [0.15, 0.2) is 11.5 Å². The van der Waals surface area contributed by atoms with Crippen LogP contribution in [0.15, 0.2) is 83.8 Å². The van der Waals surface area contributed by atoms with Crippen molar-refractivity contribution < 1.29 is 17.9 Å². The second kappa shape index (κ2) is 12.1. The van der Waals surface area contributed by atoms with Gasteiger partial charge in [0.1, 0.15) is 0 Å². The number of nitrogens with one attached hydrogen (secondary N) is 1. The summed E-state index contributed by atoms with van der Waals surface area (Å²) in [6.45, 7) is 5.31. The fourth-order valence-electron chi connectivity index (χ4n) is 6.23. The zero-order chi connectivity index (χ0) is 27.3. The van der Waals surface area contributed by atoms with Crippen LogP contribution in [0.25, 0.3) is 0 Å². The Balaban J connectivity index is 1.37. The van der Waals surface area contributed by atoms with Crippen LogP contribution in [0, 0.1) is 5.41 Å². The van der Waals surface area contributed by atoms with Crippen molar-refractivity contribution in [2.75, 3.05) is 26.7 Å². The van der Waals surface area contributed by atoms with Crippen molar-refractivity contribution in [3.8, 4) is 11.5 Å². The molecule has 1 saturated heterocycles. The zero-order valence-corrected chi connectivity index (χ0v) is 23.8. The number of ether oxygens (including phenoxy) is 2. The van der Waals surface area contributed by atoms with Gasteiger partial charge < -0.3 is 9.47 Å². The van der Waals surface area contributed by atoms with Crippen molar-refractivity contribution >= 4 is 10.0 Å². The first kappa shape index (κ1) is 27.7. The standard InChI is InChI=1S/C32H40N2O4S/c1-32(19-20-33-39(35,36)28-15-7-4-8-16-28)24-34(22-25-11-5-3-6-12-25)23-29(32)26-17-18-30(37-2)31(21-26)38-27-13-9-10-14-27/h3-8,11-12,15-18,21,27,29,33H,9-10,13-14,19-20,22-24H2,1-2H3/t29-,32-/m1/s1. The second-order valence-electron chi connectivity index (χ2n) is 11.3. The molecule has 1 aliphatic carbocycles. The SMILES string of the molecule is COc1ccc([C@H]2CN(Cc3ccccc3)C[C@@]2(C)CCNS(=O)(=O)c2ccccc2)cc1OC1CCCC1. The van der Waals surface area contributed by atoms with Crippen LogP contribution in [-0.4, -0.2) is 46.2 Å².